The normalized spacial score (nSPS) is 17.4. The van der Waals surface area contributed by atoms with Crippen LogP contribution >= 0.6 is 31.9 Å². The topological polar surface area (TPSA) is 6.48 Å². The predicted octanol–water partition coefficient (Wildman–Crippen LogP) is 4.26. The van der Waals surface area contributed by atoms with Crippen LogP contribution in [0.3, 0.4) is 0 Å². The molecule has 0 spiro atoms. The van der Waals surface area contributed by atoms with Crippen LogP contribution in [0.2, 0.25) is 0 Å². The lowest BCUT2D eigenvalue weighted by molar-refractivity contribution is 0.0683. The number of alkyl halides is 1. The van der Waals surface area contributed by atoms with Crippen LogP contribution in [0.5, 0.6) is 0 Å². The Hall–Kier alpha value is -0.0600. The lowest BCUT2D eigenvalue weighted by Gasteiger charge is -2.49. The van der Waals surface area contributed by atoms with Gasteiger partial charge in [-0.25, -0.2) is 0 Å². The molecule has 0 unspecified atom stereocenters. The fraction of sp³-hybridized carbons (Fsp3) is 0.600. The maximum Gasteiger partial charge on any atom is 0.0378 e. The van der Waals surface area contributed by atoms with E-state index >= 15 is 0 Å². The van der Waals surface area contributed by atoms with Crippen molar-refractivity contribution in [3.8, 4) is 0 Å². The molecule has 0 amide bonds. The molecular weight excluding hydrogens is 368 g/mol. The van der Waals surface area contributed by atoms with Gasteiger partial charge in [0, 0.05) is 34.6 Å². The third-order valence-electron chi connectivity index (χ3n) is 4.39. The highest BCUT2D eigenvalue weighted by atomic mass is 79.9. The minimum Gasteiger partial charge on any atom is -0.373 e. The molecule has 0 aliphatic heterocycles. The zero-order chi connectivity index (χ0) is 14.0. The summed E-state index contributed by atoms with van der Waals surface area (Å²) in [5.74, 6) is 0. The second-order valence-electron chi connectivity index (χ2n) is 5.74. The highest BCUT2D eigenvalue weighted by Crippen LogP contribution is 2.37. The van der Waals surface area contributed by atoms with Crippen molar-refractivity contribution in [2.45, 2.75) is 30.1 Å². The van der Waals surface area contributed by atoms with Gasteiger partial charge in [-0.3, -0.25) is 0 Å². The molecule has 1 fully saturated rings. The summed E-state index contributed by atoms with van der Waals surface area (Å²) in [4.78, 5) is 4.77. The third-order valence-corrected chi connectivity index (χ3v) is 5.73. The van der Waals surface area contributed by atoms with E-state index in [4.69, 9.17) is 0 Å². The molecule has 4 heteroatoms. The molecule has 0 aromatic heterocycles. The Labute approximate surface area is 133 Å². The highest BCUT2D eigenvalue weighted by molar-refractivity contribution is 9.10. The zero-order valence-electron chi connectivity index (χ0n) is 11.9. The van der Waals surface area contributed by atoms with Crippen LogP contribution in [-0.4, -0.2) is 38.1 Å². The number of nitrogens with zero attached hydrogens (tertiary/aromatic N) is 2. The monoisotopic (exact) mass is 388 g/mol. The highest BCUT2D eigenvalue weighted by Gasteiger charge is 2.39. The van der Waals surface area contributed by atoms with Crippen molar-refractivity contribution in [1.82, 2.24) is 4.90 Å². The minimum atomic E-state index is 0.370. The fourth-order valence-electron chi connectivity index (χ4n) is 2.75. The standard InChI is InChI=1S/C15H22Br2N2/c1-18(2)15(7-4-8-15)11-19(3)13-6-5-12(10-16)14(17)9-13/h5-6,9H,4,7-8,10-11H2,1-3H3. The molecule has 19 heavy (non-hydrogen) atoms. The number of benzene rings is 1. The van der Waals surface area contributed by atoms with Crippen LogP contribution in [0, 0.1) is 0 Å². The summed E-state index contributed by atoms with van der Waals surface area (Å²) < 4.78 is 1.18. The van der Waals surface area contributed by atoms with Crippen LogP contribution in [0.4, 0.5) is 5.69 Å². The van der Waals surface area contributed by atoms with Crippen molar-refractivity contribution >= 4 is 37.5 Å². The summed E-state index contributed by atoms with van der Waals surface area (Å²) in [5.41, 5.74) is 2.95. The molecule has 1 saturated carbocycles. The SMILES string of the molecule is CN(CC1(N(C)C)CCC1)c1ccc(CBr)c(Br)c1. The van der Waals surface area contributed by atoms with Gasteiger partial charge >= 0.3 is 0 Å². The molecule has 2 nitrogen and oxygen atoms in total. The quantitative estimate of drug-likeness (QED) is 0.694. The zero-order valence-corrected chi connectivity index (χ0v) is 15.1. The van der Waals surface area contributed by atoms with Crippen molar-refractivity contribution in [2.75, 3.05) is 32.6 Å². The average molecular weight is 390 g/mol. The number of hydrogen-bond acceptors (Lipinski definition) is 2. The van der Waals surface area contributed by atoms with E-state index in [-0.39, 0.29) is 0 Å². The Morgan fingerprint density at radius 1 is 1.21 bits per heavy atom. The van der Waals surface area contributed by atoms with Gasteiger partial charge in [0.2, 0.25) is 0 Å². The van der Waals surface area contributed by atoms with Gasteiger partial charge in [0.05, 0.1) is 0 Å². The molecule has 1 aliphatic rings. The maximum absolute atomic E-state index is 3.65. The lowest BCUT2D eigenvalue weighted by Crippen LogP contribution is -2.56. The smallest absolute Gasteiger partial charge is 0.0378 e. The van der Waals surface area contributed by atoms with E-state index in [1.807, 2.05) is 0 Å². The Bertz CT molecular complexity index is 442. The van der Waals surface area contributed by atoms with E-state index in [0.717, 1.165) is 11.9 Å². The molecule has 106 valence electrons. The number of rotatable bonds is 5. The summed E-state index contributed by atoms with van der Waals surface area (Å²) in [6, 6.07) is 6.62. The molecule has 0 atom stereocenters. The first-order valence-corrected chi connectivity index (χ1v) is 8.63. The van der Waals surface area contributed by atoms with E-state index in [1.165, 1.54) is 35.0 Å². The molecular formula is C15H22Br2N2. The summed E-state index contributed by atoms with van der Waals surface area (Å²) in [7, 11) is 6.60. The Balaban J connectivity index is 2.11. The second-order valence-corrected chi connectivity index (χ2v) is 7.15. The summed E-state index contributed by atoms with van der Waals surface area (Å²) in [6.45, 7) is 1.10. The van der Waals surface area contributed by atoms with Crippen LogP contribution in [0.15, 0.2) is 22.7 Å². The van der Waals surface area contributed by atoms with Gasteiger partial charge in [0.1, 0.15) is 0 Å². The van der Waals surface area contributed by atoms with Gasteiger partial charge < -0.3 is 9.80 Å². The fourth-order valence-corrected chi connectivity index (χ4v) is 4.12. The molecule has 0 N–H and O–H groups in total. The van der Waals surface area contributed by atoms with Crippen molar-refractivity contribution in [3.63, 3.8) is 0 Å². The Kier molecular flexibility index (Phi) is 4.96. The van der Waals surface area contributed by atoms with Crippen LogP contribution in [0.1, 0.15) is 24.8 Å². The molecule has 0 radical (unpaired) electrons. The number of halogens is 2. The van der Waals surface area contributed by atoms with E-state index < -0.39 is 0 Å². The lowest BCUT2D eigenvalue weighted by atomic mass is 9.75. The van der Waals surface area contributed by atoms with E-state index in [0.29, 0.717) is 5.54 Å². The van der Waals surface area contributed by atoms with Gasteiger partial charge in [-0.05, 0) is 51.1 Å². The second kappa shape index (κ2) is 6.15. The molecule has 0 heterocycles. The molecule has 1 aromatic carbocycles. The maximum atomic E-state index is 3.65. The Morgan fingerprint density at radius 3 is 2.32 bits per heavy atom. The number of hydrogen-bond donors (Lipinski definition) is 0. The van der Waals surface area contributed by atoms with Crippen molar-refractivity contribution < 1.29 is 0 Å². The van der Waals surface area contributed by atoms with Crippen LogP contribution in [0.25, 0.3) is 0 Å². The van der Waals surface area contributed by atoms with E-state index in [9.17, 15) is 0 Å². The molecule has 0 bridgehead atoms. The van der Waals surface area contributed by atoms with Gasteiger partial charge in [-0.2, -0.15) is 0 Å². The first-order chi connectivity index (χ1) is 8.98. The minimum absolute atomic E-state index is 0.370. The number of anilines is 1. The largest absolute Gasteiger partial charge is 0.373 e. The molecule has 1 aliphatic carbocycles. The van der Waals surface area contributed by atoms with Crippen molar-refractivity contribution in [2.24, 2.45) is 0 Å². The first-order valence-electron chi connectivity index (χ1n) is 6.71. The van der Waals surface area contributed by atoms with Crippen molar-refractivity contribution in [1.29, 1.82) is 0 Å². The van der Waals surface area contributed by atoms with Gasteiger partial charge in [0.25, 0.3) is 0 Å². The van der Waals surface area contributed by atoms with E-state index in [2.05, 4.69) is 81.0 Å². The van der Waals surface area contributed by atoms with Gasteiger partial charge in [-0.15, -0.1) is 0 Å². The third kappa shape index (κ3) is 3.17. The summed E-state index contributed by atoms with van der Waals surface area (Å²) >= 11 is 7.16. The summed E-state index contributed by atoms with van der Waals surface area (Å²) in [6.07, 6.45) is 3.98. The Morgan fingerprint density at radius 2 is 1.89 bits per heavy atom. The van der Waals surface area contributed by atoms with Crippen molar-refractivity contribution in [3.05, 3.63) is 28.2 Å². The van der Waals surface area contributed by atoms with Crippen LogP contribution < -0.4 is 4.90 Å². The first kappa shape index (κ1) is 15.3. The average Bonchev–Trinajstić information content (AvgIpc) is 2.32. The molecule has 0 saturated heterocycles. The van der Waals surface area contributed by atoms with Gasteiger partial charge in [-0.1, -0.05) is 37.9 Å². The predicted molar refractivity (Wildman–Crippen MR) is 90.3 cm³/mol. The molecule has 1 aromatic rings. The van der Waals surface area contributed by atoms with Gasteiger partial charge in [0.15, 0.2) is 0 Å². The summed E-state index contributed by atoms with van der Waals surface area (Å²) in [5, 5.41) is 0.888. The molecule has 2 rings (SSSR count). The van der Waals surface area contributed by atoms with E-state index in [1.54, 1.807) is 0 Å². The van der Waals surface area contributed by atoms with Crippen LogP contribution in [-0.2, 0) is 5.33 Å². The number of likely N-dealkylation sites (N-methyl/N-ethyl adjacent to an activating group) is 2.